The minimum Gasteiger partial charge on any atom is -0.480 e. The molecule has 36 heavy (non-hydrogen) atoms. The number of carbonyl (C=O) groups is 4. The Bertz CT molecular complexity index is 834. The molecular weight excluding hydrogens is 489 g/mol. The number of nitrogens with zero attached hydrogens (tertiary/aromatic N) is 1. The van der Waals surface area contributed by atoms with Crippen molar-refractivity contribution in [1.29, 1.82) is 0 Å². The lowest BCUT2D eigenvalue weighted by atomic mass is 9.84. The number of unbranched alkanes of at least 4 members (excludes halogenated alkanes) is 2. The molecule has 1 saturated carbocycles. The van der Waals surface area contributed by atoms with E-state index < -0.39 is 49.4 Å². The first-order valence-electron chi connectivity index (χ1n) is 13.2. The maximum Gasteiger partial charge on any atom is 0.350 e. The van der Waals surface area contributed by atoms with Gasteiger partial charge in [0, 0.05) is 12.5 Å². The van der Waals surface area contributed by atoms with Gasteiger partial charge in [0.25, 0.3) is 5.91 Å². The summed E-state index contributed by atoms with van der Waals surface area (Å²) in [7, 11) is -4.53. The van der Waals surface area contributed by atoms with Crippen molar-refractivity contribution in [1.82, 2.24) is 15.5 Å². The zero-order valence-corrected chi connectivity index (χ0v) is 22.5. The smallest absolute Gasteiger partial charge is 0.350 e. The van der Waals surface area contributed by atoms with Gasteiger partial charge in [0.15, 0.2) is 0 Å². The standard InChI is InChI=1S/C24H42N3O8P/c1-4-6-12-18(25-21(28)17-10-8-11-17)22(29)26-20(14-7-5-2)36(33,34)35-16(3)23(30)27-15-9-13-19(27)24(31)32/h16-20H,4-15H2,1-3H3,(H,25,28)(H,26,29)(H,31,32)(H,33,34)/t16?,18-,19-,20-/m0/s1. The molecule has 0 radical (unpaired) electrons. The van der Waals surface area contributed by atoms with Gasteiger partial charge in [-0.25, -0.2) is 4.79 Å². The molecule has 3 amide bonds. The molecule has 0 aromatic carbocycles. The molecule has 2 unspecified atom stereocenters. The highest BCUT2D eigenvalue weighted by Gasteiger charge is 2.42. The molecule has 2 fully saturated rings. The van der Waals surface area contributed by atoms with Gasteiger partial charge in [-0.1, -0.05) is 46.0 Å². The van der Waals surface area contributed by atoms with E-state index in [9.17, 15) is 33.7 Å². The second-order valence-electron chi connectivity index (χ2n) is 9.84. The molecule has 0 bridgehead atoms. The summed E-state index contributed by atoms with van der Waals surface area (Å²) < 4.78 is 18.6. The zero-order chi connectivity index (χ0) is 26.9. The van der Waals surface area contributed by atoms with E-state index >= 15 is 0 Å². The predicted octanol–water partition coefficient (Wildman–Crippen LogP) is 2.76. The van der Waals surface area contributed by atoms with E-state index in [0.717, 1.165) is 30.6 Å². The highest BCUT2D eigenvalue weighted by atomic mass is 31.2. The summed E-state index contributed by atoms with van der Waals surface area (Å²) in [6, 6.07) is -1.82. The van der Waals surface area contributed by atoms with Gasteiger partial charge in [-0.2, -0.15) is 0 Å². The molecule has 206 valence electrons. The first-order chi connectivity index (χ1) is 17.0. The molecule has 1 aliphatic heterocycles. The van der Waals surface area contributed by atoms with Crippen LogP contribution in [0.1, 0.15) is 91.4 Å². The molecular formula is C24H42N3O8P. The quantitative estimate of drug-likeness (QED) is 0.235. The Labute approximate surface area is 213 Å². The number of rotatable bonds is 15. The fraction of sp³-hybridized carbons (Fsp3) is 0.833. The van der Waals surface area contributed by atoms with E-state index in [1.54, 1.807) is 0 Å². The molecule has 12 heteroatoms. The minimum atomic E-state index is -4.53. The number of aliphatic carboxylic acids is 1. The second-order valence-corrected chi connectivity index (χ2v) is 11.8. The first-order valence-corrected chi connectivity index (χ1v) is 14.8. The highest BCUT2D eigenvalue weighted by Crippen LogP contribution is 2.49. The van der Waals surface area contributed by atoms with Gasteiger partial charge < -0.3 is 25.5 Å². The van der Waals surface area contributed by atoms with E-state index in [-0.39, 0.29) is 24.8 Å². The van der Waals surface area contributed by atoms with Crippen LogP contribution in [-0.2, 0) is 28.3 Å². The number of hydrogen-bond acceptors (Lipinski definition) is 6. The van der Waals surface area contributed by atoms with Crippen LogP contribution < -0.4 is 10.6 Å². The van der Waals surface area contributed by atoms with E-state index in [1.807, 2.05) is 13.8 Å². The van der Waals surface area contributed by atoms with Crippen LogP contribution in [0.25, 0.3) is 0 Å². The van der Waals surface area contributed by atoms with Gasteiger partial charge in [0.1, 0.15) is 24.0 Å². The van der Waals surface area contributed by atoms with Crippen molar-refractivity contribution < 1.29 is 38.3 Å². The van der Waals surface area contributed by atoms with Crippen LogP contribution in [0.3, 0.4) is 0 Å². The largest absolute Gasteiger partial charge is 0.480 e. The summed E-state index contributed by atoms with van der Waals surface area (Å²) >= 11 is 0. The van der Waals surface area contributed by atoms with Crippen molar-refractivity contribution in [3.8, 4) is 0 Å². The number of carbonyl (C=O) groups excluding carboxylic acids is 3. The van der Waals surface area contributed by atoms with E-state index in [2.05, 4.69) is 10.6 Å². The molecule has 0 spiro atoms. The van der Waals surface area contributed by atoms with Gasteiger partial charge in [-0.3, -0.25) is 23.5 Å². The molecule has 4 N–H and O–H groups in total. The third kappa shape index (κ3) is 8.28. The zero-order valence-electron chi connectivity index (χ0n) is 21.6. The van der Waals surface area contributed by atoms with Crippen LogP contribution in [0.5, 0.6) is 0 Å². The number of likely N-dealkylation sites (tertiary alicyclic amines) is 1. The van der Waals surface area contributed by atoms with Gasteiger partial charge in [-0.15, -0.1) is 0 Å². The monoisotopic (exact) mass is 531 g/mol. The van der Waals surface area contributed by atoms with Crippen LogP contribution >= 0.6 is 7.60 Å². The molecule has 11 nitrogen and oxygen atoms in total. The minimum absolute atomic E-state index is 0.0998. The van der Waals surface area contributed by atoms with Gasteiger partial charge in [-0.05, 0) is 45.4 Å². The van der Waals surface area contributed by atoms with E-state index in [0.29, 0.717) is 38.5 Å². The van der Waals surface area contributed by atoms with Gasteiger partial charge in [0.05, 0.1) is 0 Å². The molecule has 0 aromatic heterocycles. The molecule has 5 atom stereocenters. The van der Waals surface area contributed by atoms with Crippen LogP contribution in [-0.4, -0.2) is 69.1 Å². The Balaban J connectivity index is 2.10. The SMILES string of the molecule is CCCC[C@H](NC(=O)C1CCC1)C(=O)N[C@H](CCCC)P(=O)(O)OC(C)C(=O)N1CCC[C@H]1C(=O)O. The van der Waals surface area contributed by atoms with Gasteiger partial charge in [0.2, 0.25) is 11.8 Å². The number of hydrogen-bond donors (Lipinski definition) is 4. The van der Waals surface area contributed by atoms with Crippen LogP contribution in [0.4, 0.5) is 0 Å². The lowest BCUT2D eigenvalue weighted by Crippen LogP contribution is -2.51. The summed E-state index contributed by atoms with van der Waals surface area (Å²) in [6.45, 7) is 5.41. The lowest BCUT2D eigenvalue weighted by molar-refractivity contribution is -0.151. The fourth-order valence-electron chi connectivity index (χ4n) is 4.48. The Morgan fingerprint density at radius 1 is 1.03 bits per heavy atom. The Morgan fingerprint density at radius 2 is 1.67 bits per heavy atom. The molecule has 2 aliphatic rings. The van der Waals surface area contributed by atoms with Crippen molar-refractivity contribution in [3.05, 3.63) is 0 Å². The number of amides is 3. The maximum atomic E-state index is 13.3. The van der Waals surface area contributed by atoms with Crippen LogP contribution in [0.2, 0.25) is 0 Å². The average molecular weight is 532 g/mol. The Morgan fingerprint density at radius 3 is 2.22 bits per heavy atom. The van der Waals surface area contributed by atoms with Crippen molar-refractivity contribution >= 4 is 31.3 Å². The van der Waals surface area contributed by atoms with Gasteiger partial charge >= 0.3 is 13.6 Å². The number of nitrogens with one attached hydrogen (secondary N) is 2. The molecule has 1 saturated heterocycles. The Kier molecular flexibility index (Phi) is 11.8. The predicted molar refractivity (Wildman–Crippen MR) is 133 cm³/mol. The average Bonchev–Trinajstić information content (AvgIpc) is 3.27. The topological polar surface area (TPSA) is 162 Å². The Hall–Kier alpha value is -1.97. The van der Waals surface area contributed by atoms with E-state index in [1.165, 1.54) is 6.92 Å². The van der Waals surface area contributed by atoms with Crippen molar-refractivity contribution in [2.24, 2.45) is 5.92 Å². The normalized spacial score (nSPS) is 22.1. The number of carboxylic acids is 1. The van der Waals surface area contributed by atoms with Crippen molar-refractivity contribution in [3.63, 3.8) is 0 Å². The molecule has 2 rings (SSSR count). The summed E-state index contributed by atoms with van der Waals surface area (Å²) in [6.07, 6.45) is 5.32. The van der Waals surface area contributed by atoms with Crippen molar-refractivity contribution in [2.45, 2.75) is 115 Å². The van der Waals surface area contributed by atoms with Crippen molar-refractivity contribution in [2.75, 3.05) is 6.54 Å². The number of carboxylic acid groups (broad SMARTS) is 1. The second kappa shape index (κ2) is 14.1. The van der Waals surface area contributed by atoms with Crippen LogP contribution in [0.15, 0.2) is 0 Å². The summed E-state index contributed by atoms with van der Waals surface area (Å²) in [5.74, 6) is -3.90. The summed E-state index contributed by atoms with van der Waals surface area (Å²) in [5, 5.41) is 14.8. The molecule has 1 heterocycles. The fourth-order valence-corrected chi connectivity index (χ4v) is 5.97. The third-order valence-corrected chi connectivity index (χ3v) is 8.76. The summed E-state index contributed by atoms with van der Waals surface area (Å²) in [5.41, 5.74) is 0. The molecule has 0 aromatic rings. The van der Waals surface area contributed by atoms with E-state index in [4.69, 9.17) is 4.52 Å². The first kappa shape index (κ1) is 30.3. The lowest BCUT2D eigenvalue weighted by Gasteiger charge is -2.31. The highest BCUT2D eigenvalue weighted by molar-refractivity contribution is 7.53. The molecule has 1 aliphatic carbocycles. The summed E-state index contributed by atoms with van der Waals surface area (Å²) in [4.78, 5) is 61.8. The third-order valence-electron chi connectivity index (χ3n) is 6.97. The maximum absolute atomic E-state index is 13.3. The van der Waals surface area contributed by atoms with Crippen LogP contribution in [0, 0.1) is 5.92 Å².